The number of aryl methyl sites for hydroxylation is 1. The monoisotopic (exact) mass is 328 g/mol. The van der Waals surface area contributed by atoms with Crippen molar-refractivity contribution >= 4 is 11.8 Å². The second kappa shape index (κ2) is 6.83. The molecule has 0 saturated heterocycles. The van der Waals surface area contributed by atoms with Gasteiger partial charge in [-0.25, -0.2) is 9.07 Å². The second-order valence-electron chi connectivity index (χ2n) is 5.25. The van der Waals surface area contributed by atoms with Gasteiger partial charge in [-0.15, -0.1) is 10.2 Å². The Morgan fingerprint density at radius 1 is 1.04 bits per heavy atom. The first-order chi connectivity index (χ1) is 11.1. The van der Waals surface area contributed by atoms with Gasteiger partial charge in [0.2, 0.25) is 5.16 Å². The van der Waals surface area contributed by atoms with Gasteiger partial charge >= 0.3 is 0 Å². The lowest BCUT2D eigenvalue weighted by Gasteiger charge is -2.06. The van der Waals surface area contributed by atoms with E-state index in [1.165, 1.54) is 28.1 Å². The Bertz CT molecular complexity index is 816. The highest BCUT2D eigenvalue weighted by Crippen LogP contribution is 2.22. The van der Waals surface area contributed by atoms with E-state index >= 15 is 0 Å². The van der Waals surface area contributed by atoms with Gasteiger partial charge in [0.05, 0.1) is 0 Å². The van der Waals surface area contributed by atoms with Gasteiger partial charge < -0.3 is 5.84 Å². The van der Waals surface area contributed by atoms with E-state index in [2.05, 4.69) is 29.3 Å². The molecule has 0 atom stereocenters. The SMILES string of the molecule is Cc1ccccc1Cc1nnc(SCc2ccccc2F)n1N. The zero-order chi connectivity index (χ0) is 16.2. The lowest BCUT2D eigenvalue weighted by molar-refractivity contribution is 0.617. The van der Waals surface area contributed by atoms with Gasteiger partial charge in [0.1, 0.15) is 5.82 Å². The first-order valence-electron chi connectivity index (χ1n) is 7.25. The number of aromatic nitrogens is 3. The van der Waals surface area contributed by atoms with E-state index in [4.69, 9.17) is 5.84 Å². The highest BCUT2D eigenvalue weighted by molar-refractivity contribution is 7.98. The van der Waals surface area contributed by atoms with Gasteiger partial charge in [0.25, 0.3) is 0 Å². The first-order valence-corrected chi connectivity index (χ1v) is 8.24. The fraction of sp³-hybridized carbons (Fsp3) is 0.176. The minimum Gasteiger partial charge on any atom is -0.336 e. The van der Waals surface area contributed by atoms with Crippen LogP contribution < -0.4 is 5.84 Å². The van der Waals surface area contributed by atoms with E-state index in [-0.39, 0.29) is 5.82 Å². The summed E-state index contributed by atoms with van der Waals surface area (Å²) in [4.78, 5) is 0. The number of hydrogen-bond acceptors (Lipinski definition) is 4. The minimum absolute atomic E-state index is 0.219. The molecule has 0 aliphatic carbocycles. The number of nitrogen functional groups attached to an aromatic ring is 1. The predicted molar refractivity (Wildman–Crippen MR) is 90.1 cm³/mol. The zero-order valence-corrected chi connectivity index (χ0v) is 13.6. The van der Waals surface area contributed by atoms with Crippen molar-refractivity contribution in [3.63, 3.8) is 0 Å². The third kappa shape index (κ3) is 3.53. The molecule has 0 spiro atoms. The summed E-state index contributed by atoms with van der Waals surface area (Å²) in [5.41, 5.74) is 2.98. The van der Waals surface area contributed by atoms with Gasteiger partial charge in [0.15, 0.2) is 5.82 Å². The highest BCUT2D eigenvalue weighted by Gasteiger charge is 2.12. The molecule has 0 aliphatic rings. The van der Waals surface area contributed by atoms with Crippen LogP contribution in [0.25, 0.3) is 0 Å². The molecule has 0 radical (unpaired) electrons. The molecule has 6 heteroatoms. The van der Waals surface area contributed by atoms with Crippen molar-refractivity contribution in [2.75, 3.05) is 5.84 Å². The Balaban J connectivity index is 1.72. The number of nitrogens with zero attached hydrogens (tertiary/aromatic N) is 3. The fourth-order valence-electron chi connectivity index (χ4n) is 2.26. The van der Waals surface area contributed by atoms with Gasteiger partial charge in [-0.1, -0.05) is 54.2 Å². The second-order valence-corrected chi connectivity index (χ2v) is 6.19. The average molecular weight is 328 g/mol. The van der Waals surface area contributed by atoms with Crippen LogP contribution in [0.2, 0.25) is 0 Å². The van der Waals surface area contributed by atoms with Crippen LogP contribution in [0.4, 0.5) is 4.39 Å². The van der Waals surface area contributed by atoms with Crippen molar-refractivity contribution in [2.45, 2.75) is 24.3 Å². The summed E-state index contributed by atoms with van der Waals surface area (Å²) < 4.78 is 15.1. The molecule has 0 aliphatic heterocycles. The molecule has 0 bridgehead atoms. The lowest BCUT2D eigenvalue weighted by atomic mass is 10.1. The van der Waals surface area contributed by atoms with Crippen LogP contribution in [0.3, 0.4) is 0 Å². The van der Waals surface area contributed by atoms with Gasteiger partial charge in [-0.2, -0.15) is 0 Å². The van der Waals surface area contributed by atoms with Crippen LogP contribution in [-0.4, -0.2) is 14.9 Å². The summed E-state index contributed by atoms with van der Waals surface area (Å²) in [7, 11) is 0. The third-order valence-corrected chi connectivity index (χ3v) is 4.65. The molecule has 0 fully saturated rings. The van der Waals surface area contributed by atoms with E-state index < -0.39 is 0 Å². The number of nitrogens with two attached hydrogens (primary N) is 1. The van der Waals surface area contributed by atoms with Crippen molar-refractivity contribution in [1.29, 1.82) is 0 Å². The number of thioether (sulfide) groups is 1. The highest BCUT2D eigenvalue weighted by atomic mass is 32.2. The van der Waals surface area contributed by atoms with E-state index in [0.29, 0.717) is 28.7 Å². The minimum atomic E-state index is -0.219. The molecule has 4 nitrogen and oxygen atoms in total. The maximum atomic E-state index is 13.6. The Hall–Kier alpha value is -2.34. The van der Waals surface area contributed by atoms with Crippen LogP contribution in [0.15, 0.2) is 53.7 Å². The van der Waals surface area contributed by atoms with Crippen LogP contribution in [0.1, 0.15) is 22.5 Å². The Morgan fingerprint density at radius 2 is 1.74 bits per heavy atom. The molecule has 0 saturated carbocycles. The van der Waals surface area contributed by atoms with Gasteiger partial charge in [-0.3, -0.25) is 0 Å². The van der Waals surface area contributed by atoms with Gasteiger partial charge in [-0.05, 0) is 29.7 Å². The van der Waals surface area contributed by atoms with E-state index in [9.17, 15) is 4.39 Å². The molecule has 3 rings (SSSR count). The maximum Gasteiger partial charge on any atom is 0.210 e. The molecule has 118 valence electrons. The number of benzene rings is 2. The van der Waals surface area contributed by atoms with Crippen LogP contribution in [0, 0.1) is 12.7 Å². The molecule has 1 aromatic heterocycles. The van der Waals surface area contributed by atoms with E-state index in [1.807, 2.05) is 18.2 Å². The topological polar surface area (TPSA) is 56.7 Å². The van der Waals surface area contributed by atoms with Crippen molar-refractivity contribution in [2.24, 2.45) is 0 Å². The molecule has 0 amide bonds. The fourth-order valence-corrected chi connectivity index (χ4v) is 3.12. The quantitative estimate of drug-likeness (QED) is 0.576. The van der Waals surface area contributed by atoms with Crippen LogP contribution in [-0.2, 0) is 12.2 Å². The average Bonchev–Trinajstić information content (AvgIpc) is 2.89. The standard InChI is InChI=1S/C17H17FN4S/c1-12-6-2-3-7-13(12)10-16-20-21-17(22(16)19)23-11-14-8-4-5-9-15(14)18/h2-9H,10-11,19H2,1H3. The largest absolute Gasteiger partial charge is 0.336 e. The predicted octanol–water partition coefficient (Wildman–Crippen LogP) is 3.32. The molecule has 2 aromatic carbocycles. The van der Waals surface area contributed by atoms with Crippen molar-refractivity contribution in [3.05, 3.63) is 76.9 Å². The Morgan fingerprint density at radius 3 is 2.48 bits per heavy atom. The lowest BCUT2D eigenvalue weighted by Crippen LogP contribution is -2.14. The van der Waals surface area contributed by atoms with Crippen molar-refractivity contribution in [3.8, 4) is 0 Å². The van der Waals surface area contributed by atoms with Crippen molar-refractivity contribution in [1.82, 2.24) is 14.9 Å². The molecule has 0 unspecified atom stereocenters. The molecule has 2 N–H and O–H groups in total. The smallest absolute Gasteiger partial charge is 0.210 e. The summed E-state index contributed by atoms with van der Waals surface area (Å²) in [5.74, 6) is 7.02. The summed E-state index contributed by atoms with van der Waals surface area (Å²) in [6, 6.07) is 14.8. The van der Waals surface area contributed by atoms with E-state index in [1.54, 1.807) is 12.1 Å². The van der Waals surface area contributed by atoms with Crippen LogP contribution in [0.5, 0.6) is 0 Å². The van der Waals surface area contributed by atoms with Crippen molar-refractivity contribution < 1.29 is 4.39 Å². The summed E-state index contributed by atoms with van der Waals surface area (Å²) in [6.07, 6.45) is 0.621. The Kier molecular flexibility index (Phi) is 4.62. The normalized spacial score (nSPS) is 10.9. The zero-order valence-electron chi connectivity index (χ0n) is 12.7. The molecule has 23 heavy (non-hydrogen) atoms. The summed E-state index contributed by atoms with van der Waals surface area (Å²) in [5, 5.41) is 8.86. The van der Waals surface area contributed by atoms with Crippen LogP contribution >= 0.6 is 11.8 Å². The number of rotatable bonds is 5. The molecular formula is C17H17FN4S. The van der Waals surface area contributed by atoms with E-state index in [0.717, 1.165) is 5.56 Å². The first kappa shape index (κ1) is 15.6. The molecule has 3 aromatic rings. The molecular weight excluding hydrogens is 311 g/mol. The van der Waals surface area contributed by atoms with Gasteiger partial charge in [0, 0.05) is 12.2 Å². The number of hydrogen-bond donors (Lipinski definition) is 1. The third-order valence-electron chi connectivity index (χ3n) is 3.66. The maximum absolute atomic E-state index is 13.6. The molecule has 1 heterocycles. The Labute approximate surface area is 138 Å². The number of halogens is 1. The summed E-state index contributed by atoms with van der Waals surface area (Å²) >= 11 is 1.37. The summed E-state index contributed by atoms with van der Waals surface area (Å²) in [6.45, 7) is 2.06.